The number of ether oxygens (including phenoxy) is 1. The van der Waals surface area contributed by atoms with Gasteiger partial charge in [-0.1, -0.05) is 30.3 Å². The maximum atomic E-state index is 12.6. The summed E-state index contributed by atoms with van der Waals surface area (Å²) >= 11 is 0. The maximum Gasteiger partial charge on any atom is 0.316 e. The Hall–Kier alpha value is -4.14. The van der Waals surface area contributed by atoms with E-state index in [0.29, 0.717) is 22.6 Å². The van der Waals surface area contributed by atoms with Crippen molar-refractivity contribution in [3.63, 3.8) is 0 Å². The number of ketones is 1. The Labute approximate surface area is 184 Å². The minimum atomic E-state index is -1.37. The standard InChI is InChI=1S/C23H23N3O6/c1-14-13-26(2)22(30)20(21(14)29)25-23(31)24-18(12-19(27)28)15-7-6-10-17(11-15)32-16-8-4-3-5-9-16/h3-11,13,18,20H,12H2,1-2H3,(H,27,28)(H2,24,25,31). The average Bonchev–Trinajstić information content (AvgIpc) is 2.75. The van der Waals surface area contributed by atoms with E-state index in [1.165, 1.54) is 18.1 Å². The molecule has 2 aromatic rings. The first-order valence-electron chi connectivity index (χ1n) is 9.85. The lowest BCUT2D eigenvalue weighted by atomic mass is 10.0. The Balaban J connectivity index is 1.75. The molecule has 0 saturated carbocycles. The van der Waals surface area contributed by atoms with Crippen molar-refractivity contribution < 1.29 is 29.0 Å². The highest BCUT2D eigenvalue weighted by Gasteiger charge is 2.35. The molecule has 1 aliphatic rings. The number of nitrogens with one attached hydrogen (secondary N) is 2. The minimum absolute atomic E-state index is 0.324. The number of benzene rings is 2. The second-order valence-electron chi connectivity index (χ2n) is 7.31. The van der Waals surface area contributed by atoms with Gasteiger partial charge < -0.3 is 25.4 Å². The van der Waals surface area contributed by atoms with Crippen molar-refractivity contribution in [2.75, 3.05) is 7.05 Å². The monoisotopic (exact) mass is 437 g/mol. The van der Waals surface area contributed by atoms with Crippen LogP contribution in [0.2, 0.25) is 0 Å². The van der Waals surface area contributed by atoms with E-state index in [0.717, 1.165) is 0 Å². The molecule has 2 atom stereocenters. The number of hydrogen-bond acceptors (Lipinski definition) is 5. The number of para-hydroxylation sites is 1. The van der Waals surface area contributed by atoms with Gasteiger partial charge in [0.25, 0.3) is 5.91 Å². The van der Waals surface area contributed by atoms with Crippen molar-refractivity contribution in [1.82, 2.24) is 15.5 Å². The van der Waals surface area contributed by atoms with E-state index >= 15 is 0 Å². The second-order valence-corrected chi connectivity index (χ2v) is 7.31. The summed E-state index contributed by atoms with van der Waals surface area (Å²) in [5.74, 6) is -1.16. The van der Waals surface area contributed by atoms with Gasteiger partial charge in [-0.25, -0.2) is 4.79 Å². The maximum absolute atomic E-state index is 12.6. The molecule has 166 valence electrons. The van der Waals surface area contributed by atoms with Gasteiger partial charge in [-0.15, -0.1) is 0 Å². The molecule has 32 heavy (non-hydrogen) atoms. The first-order chi connectivity index (χ1) is 15.2. The zero-order valence-corrected chi connectivity index (χ0v) is 17.6. The number of nitrogens with zero attached hydrogens (tertiary/aromatic N) is 1. The van der Waals surface area contributed by atoms with E-state index in [1.807, 2.05) is 18.2 Å². The third kappa shape index (κ3) is 5.51. The molecule has 0 radical (unpaired) electrons. The summed E-state index contributed by atoms with van der Waals surface area (Å²) in [5, 5.41) is 14.2. The highest BCUT2D eigenvalue weighted by molar-refractivity contribution is 6.16. The Morgan fingerprint density at radius 2 is 1.78 bits per heavy atom. The highest BCUT2D eigenvalue weighted by atomic mass is 16.5. The molecule has 0 saturated heterocycles. The highest BCUT2D eigenvalue weighted by Crippen LogP contribution is 2.26. The summed E-state index contributed by atoms with van der Waals surface area (Å²) in [4.78, 5) is 49.8. The van der Waals surface area contributed by atoms with Crippen molar-refractivity contribution >= 4 is 23.7 Å². The van der Waals surface area contributed by atoms with Crippen LogP contribution < -0.4 is 15.4 Å². The number of carbonyl (C=O) groups is 4. The van der Waals surface area contributed by atoms with E-state index < -0.39 is 42.2 Å². The molecule has 3 amide bonds. The molecule has 2 unspecified atom stereocenters. The van der Waals surface area contributed by atoms with Crippen molar-refractivity contribution in [1.29, 1.82) is 0 Å². The third-order valence-corrected chi connectivity index (χ3v) is 4.83. The van der Waals surface area contributed by atoms with Crippen LogP contribution in [0.25, 0.3) is 0 Å². The van der Waals surface area contributed by atoms with Crippen LogP contribution in [0.5, 0.6) is 11.5 Å². The Bertz CT molecular complexity index is 1070. The van der Waals surface area contributed by atoms with E-state index in [4.69, 9.17) is 4.74 Å². The summed E-state index contributed by atoms with van der Waals surface area (Å²) in [5.41, 5.74) is 0.815. The van der Waals surface area contributed by atoms with Crippen molar-refractivity contribution in [3.8, 4) is 11.5 Å². The van der Waals surface area contributed by atoms with Crippen LogP contribution in [0.3, 0.4) is 0 Å². The topological polar surface area (TPSA) is 125 Å². The van der Waals surface area contributed by atoms with Gasteiger partial charge in [0, 0.05) is 18.8 Å². The summed E-state index contributed by atoms with van der Waals surface area (Å²) in [7, 11) is 1.48. The van der Waals surface area contributed by atoms with Crippen LogP contribution in [0.4, 0.5) is 4.79 Å². The number of amides is 3. The molecule has 0 spiro atoms. The molecule has 9 heteroatoms. The Kier molecular flexibility index (Phi) is 6.89. The van der Waals surface area contributed by atoms with Gasteiger partial charge in [-0.2, -0.15) is 0 Å². The van der Waals surface area contributed by atoms with Crippen LogP contribution in [0.15, 0.2) is 66.4 Å². The zero-order chi connectivity index (χ0) is 23.3. The van der Waals surface area contributed by atoms with Gasteiger partial charge in [0.1, 0.15) is 11.5 Å². The Morgan fingerprint density at radius 1 is 1.09 bits per heavy atom. The summed E-state index contributed by atoms with van der Waals surface area (Å²) in [6, 6.07) is 12.6. The number of carbonyl (C=O) groups excluding carboxylic acids is 3. The lowest BCUT2D eigenvalue weighted by Crippen LogP contribution is -2.56. The number of rotatable bonds is 7. The quantitative estimate of drug-likeness (QED) is 0.572. The molecule has 1 aliphatic heterocycles. The number of carboxylic acid groups (broad SMARTS) is 1. The number of urea groups is 1. The van der Waals surface area contributed by atoms with Crippen LogP contribution in [-0.2, 0) is 14.4 Å². The molecule has 3 N–H and O–H groups in total. The van der Waals surface area contributed by atoms with Crippen molar-refractivity contribution in [3.05, 3.63) is 71.9 Å². The number of carboxylic acids is 1. The molecule has 3 rings (SSSR count). The Morgan fingerprint density at radius 3 is 2.47 bits per heavy atom. The number of aliphatic carboxylic acids is 1. The fourth-order valence-corrected chi connectivity index (χ4v) is 3.27. The average molecular weight is 437 g/mol. The zero-order valence-electron chi connectivity index (χ0n) is 17.6. The van der Waals surface area contributed by atoms with E-state index in [9.17, 15) is 24.3 Å². The first-order valence-corrected chi connectivity index (χ1v) is 9.85. The number of likely N-dealkylation sites (N-methyl/N-ethyl adjacent to an activating group) is 1. The van der Waals surface area contributed by atoms with Gasteiger partial charge >= 0.3 is 12.0 Å². The van der Waals surface area contributed by atoms with E-state index in [1.54, 1.807) is 43.3 Å². The molecular formula is C23H23N3O6. The predicted octanol–water partition coefficient (Wildman–Crippen LogP) is 2.61. The van der Waals surface area contributed by atoms with Crippen LogP contribution in [-0.4, -0.2) is 46.8 Å². The van der Waals surface area contributed by atoms with Crippen LogP contribution >= 0.6 is 0 Å². The first kappa shape index (κ1) is 22.5. The van der Waals surface area contributed by atoms with E-state index in [2.05, 4.69) is 10.6 Å². The predicted molar refractivity (Wildman–Crippen MR) is 115 cm³/mol. The summed E-state index contributed by atoms with van der Waals surface area (Å²) in [6.07, 6.45) is 0.986. The largest absolute Gasteiger partial charge is 0.481 e. The van der Waals surface area contributed by atoms with Crippen molar-refractivity contribution in [2.45, 2.75) is 25.4 Å². The molecule has 0 aromatic heterocycles. The van der Waals surface area contributed by atoms with Gasteiger partial charge in [0.15, 0.2) is 11.8 Å². The van der Waals surface area contributed by atoms with Gasteiger partial charge in [0.2, 0.25) is 0 Å². The van der Waals surface area contributed by atoms with Gasteiger partial charge in [-0.05, 0) is 36.8 Å². The smallest absolute Gasteiger partial charge is 0.316 e. The fourth-order valence-electron chi connectivity index (χ4n) is 3.27. The molecule has 0 aliphatic carbocycles. The second kappa shape index (κ2) is 9.78. The summed E-state index contributed by atoms with van der Waals surface area (Å²) < 4.78 is 5.78. The third-order valence-electron chi connectivity index (χ3n) is 4.83. The SMILES string of the molecule is CC1=CN(C)C(=O)C(NC(=O)NC(CC(=O)O)c2cccc(Oc3ccccc3)c2)C1=O. The van der Waals surface area contributed by atoms with Gasteiger partial charge in [-0.3, -0.25) is 14.4 Å². The minimum Gasteiger partial charge on any atom is -0.481 e. The molecule has 0 fully saturated rings. The van der Waals surface area contributed by atoms with Crippen LogP contribution in [0.1, 0.15) is 24.9 Å². The lowest BCUT2D eigenvalue weighted by Gasteiger charge is -2.27. The van der Waals surface area contributed by atoms with Crippen LogP contribution in [0, 0.1) is 0 Å². The van der Waals surface area contributed by atoms with E-state index in [-0.39, 0.29) is 0 Å². The summed E-state index contributed by atoms with van der Waals surface area (Å²) in [6.45, 7) is 1.54. The molecule has 9 nitrogen and oxygen atoms in total. The number of hydrogen-bond donors (Lipinski definition) is 3. The lowest BCUT2D eigenvalue weighted by molar-refractivity contribution is -0.138. The molecule has 0 bridgehead atoms. The molecule has 2 aromatic carbocycles. The normalized spacial score (nSPS) is 16.8. The molecular weight excluding hydrogens is 414 g/mol. The van der Waals surface area contributed by atoms with Crippen molar-refractivity contribution in [2.24, 2.45) is 0 Å². The number of Topliss-reactive ketones (excluding diaryl/α,β-unsaturated/α-hetero) is 1. The van der Waals surface area contributed by atoms with Gasteiger partial charge in [0.05, 0.1) is 12.5 Å². The molecule has 1 heterocycles. The fraction of sp³-hybridized carbons (Fsp3) is 0.217.